The Hall–Kier alpha value is -0.890. The van der Waals surface area contributed by atoms with Crippen LogP contribution in [-0.2, 0) is 6.42 Å². The first-order valence-electron chi connectivity index (χ1n) is 8.31. The molecule has 1 fully saturated rings. The predicted octanol–water partition coefficient (Wildman–Crippen LogP) is 4.06. The van der Waals surface area contributed by atoms with E-state index >= 15 is 0 Å². The summed E-state index contributed by atoms with van der Waals surface area (Å²) in [4.78, 5) is 4.14. The van der Waals surface area contributed by atoms with Crippen LogP contribution in [0.3, 0.4) is 0 Å². The molecule has 1 aliphatic rings. The first-order valence-corrected chi connectivity index (χ1v) is 8.31. The highest BCUT2D eigenvalue weighted by Crippen LogP contribution is 2.37. The van der Waals surface area contributed by atoms with Crippen LogP contribution in [0.1, 0.15) is 52.0 Å². The molecular weight excluding hydrogens is 244 g/mol. The van der Waals surface area contributed by atoms with Crippen LogP contribution in [0.2, 0.25) is 0 Å². The van der Waals surface area contributed by atoms with Crippen molar-refractivity contribution in [3.8, 4) is 0 Å². The number of aromatic nitrogens is 1. The van der Waals surface area contributed by atoms with Crippen LogP contribution in [-0.4, -0.2) is 17.6 Å². The number of nitrogens with zero attached hydrogens (tertiary/aromatic N) is 1. The van der Waals surface area contributed by atoms with Crippen molar-refractivity contribution in [3.63, 3.8) is 0 Å². The van der Waals surface area contributed by atoms with Crippen LogP contribution in [0, 0.1) is 17.8 Å². The topological polar surface area (TPSA) is 24.9 Å². The third-order valence-corrected chi connectivity index (χ3v) is 4.86. The average Bonchev–Trinajstić information content (AvgIpc) is 2.46. The summed E-state index contributed by atoms with van der Waals surface area (Å²) >= 11 is 0. The van der Waals surface area contributed by atoms with Crippen molar-refractivity contribution in [1.29, 1.82) is 0 Å². The van der Waals surface area contributed by atoms with Gasteiger partial charge in [0.25, 0.3) is 0 Å². The lowest BCUT2D eigenvalue weighted by Gasteiger charge is -2.36. The molecule has 2 heteroatoms. The normalized spacial score (nSPS) is 26.9. The van der Waals surface area contributed by atoms with Gasteiger partial charge in [0.1, 0.15) is 0 Å². The van der Waals surface area contributed by atoms with Gasteiger partial charge in [-0.15, -0.1) is 0 Å². The van der Waals surface area contributed by atoms with Crippen LogP contribution >= 0.6 is 0 Å². The molecule has 112 valence electrons. The monoisotopic (exact) mass is 274 g/mol. The zero-order chi connectivity index (χ0) is 14.4. The lowest BCUT2D eigenvalue weighted by molar-refractivity contribution is 0.169. The summed E-state index contributed by atoms with van der Waals surface area (Å²) in [6.45, 7) is 8.02. The minimum Gasteiger partial charge on any atom is -0.314 e. The third kappa shape index (κ3) is 4.59. The molecule has 1 aromatic heterocycles. The summed E-state index contributed by atoms with van der Waals surface area (Å²) in [6, 6.07) is 4.96. The van der Waals surface area contributed by atoms with E-state index in [1.807, 2.05) is 12.4 Å². The van der Waals surface area contributed by atoms with Crippen molar-refractivity contribution in [3.05, 3.63) is 30.1 Å². The summed E-state index contributed by atoms with van der Waals surface area (Å²) in [5, 5.41) is 3.65. The Bertz CT molecular complexity index is 374. The smallest absolute Gasteiger partial charge is 0.0270 e. The molecule has 3 atom stereocenters. The van der Waals surface area contributed by atoms with Crippen LogP contribution in [0.25, 0.3) is 0 Å². The molecular formula is C18H30N2. The van der Waals surface area contributed by atoms with Gasteiger partial charge in [0.05, 0.1) is 0 Å². The van der Waals surface area contributed by atoms with Gasteiger partial charge in [-0.05, 0) is 61.3 Å². The van der Waals surface area contributed by atoms with E-state index in [4.69, 9.17) is 0 Å². The fourth-order valence-electron chi connectivity index (χ4n) is 3.52. The molecule has 3 unspecified atom stereocenters. The van der Waals surface area contributed by atoms with Gasteiger partial charge in [-0.3, -0.25) is 4.98 Å². The first kappa shape index (κ1) is 15.5. The Labute approximate surface area is 124 Å². The lowest BCUT2D eigenvalue weighted by Crippen LogP contribution is -2.36. The highest BCUT2D eigenvalue weighted by molar-refractivity contribution is 5.11. The van der Waals surface area contributed by atoms with Gasteiger partial charge in [0, 0.05) is 18.4 Å². The van der Waals surface area contributed by atoms with Crippen molar-refractivity contribution in [1.82, 2.24) is 10.3 Å². The maximum absolute atomic E-state index is 4.14. The Morgan fingerprint density at radius 3 is 2.60 bits per heavy atom. The predicted molar refractivity (Wildman–Crippen MR) is 85.7 cm³/mol. The second-order valence-corrected chi connectivity index (χ2v) is 6.73. The van der Waals surface area contributed by atoms with E-state index in [2.05, 4.69) is 43.2 Å². The summed E-state index contributed by atoms with van der Waals surface area (Å²) < 4.78 is 0. The zero-order valence-electron chi connectivity index (χ0n) is 13.3. The van der Waals surface area contributed by atoms with Gasteiger partial charge in [0.2, 0.25) is 0 Å². The number of hydrogen-bond donors (Lipinski definition) is 1. The largest absolute Gasteiger partial charge is 0.314 e. The molecule has 0 bridgehead atoms. The van der Waals surface area contributed by atoms with Gasteiger partial charge < -0.3 is 5.32 Å². The minimum absolute atomic E-state index is 0.598. The minimum atomic E-state index is 0.598. The van der Waals surface area contributed by atoms with Crippen molar-refractivity contribution in [2.45, 2.75) is 58.9 Å². The SMILES string of the molecule is CCC1CCC(CNC(C)C)C(Cc2ccncc2)C1. The van der Waals surface area contributed by atoms with Gasteiger partial charge in [-0.2, -0.15) is 0 Å². The fraction of sp³-hybridized carbons (Fsp3) is 0.722. The number of hydrogen-bond acceptors (Lipinski definition) is 2. The number of pyridine rings is 1. The molecule has 0 amide bonds. The molecule has 2 nitrogen and oxygen atoms in total. The molecule has 1 heterocycles. The summed E-state index contributed by atoms with van der Waals surface area (Å²) in [7, 11) is 0. The van der Waals surface area contributed by atoms with Crippen molar-refractivity contribution in [2.24, 2.45) is 17.8 Å². The van der Waals surface area contributed by atoms with E-state index in [0.717, 1.165) is 17.8 Å². The van der Waals surface area contributed by atoms with Gasteiger partial charge >= 0.3 is 0 Å². The van der Waals surface area contributed by atoms with Gasteiger partial charge in [-0.1, -0.05) is 33.6 Å². The van der Waals surface area contributed by atoms with E-state index in [0.29, 0.717) is 6.04 Å². The lowest BCUT2D eigenvalue weighted by atomic mass is 9.71. The maximum Gasteiger partial charge on any atom is 0.0270 e. The Balaban J connectivity index is 1.98. The molecule has 2 rings (SSSR count). The number of nitrogens with one attached hydrogen (secondary N) is 1. The van der Waals surface area contributed by atoms with E-state index < -0.39 is 0 Å². The first-order chi connectivity index (χ1) is 9.69. The quantitative estimate of drug-likeness (QED) is 0.846. The Morgan fingerprint density at radius 1 is 1.20 bits per heavy atom. The molecule has 0 aliphatic heterocycles. The highest BCUT2D eigenvalue weighted by atomic mass is 14.9. The third-order valence-electron chi connectivity index (χ3n) is 4.86. The maximum atomic E-state index is 4.14. The van der Waals surface area contributed by atoms with Crippen LogP contribution in [0.5, 0.6) is 0 Å². The summed E-state index contributed by atoms with van der Waals surface area (Å²) in [5.74, 6) is 2.62. The summed E-state index contributed by atoms with van der Waals surface area (Å²) in [5.41, 5.74) is 1.45. The van der Waals surface area contributed by atoms with Crippen molar-refractivity contribution in [2.75, 3.05) is 6.54 Å². The molecule has 0 aromatic carbocycles. The second-order valence-electron chi connectivity index (χ2n) is 6.73. The molecule has 1 saturated carbocycles. The van der Waals surface area contributed by atoms with Crippen LogP contribution < -0.4 is 5.32 Å². The van der Waals surface area contributed by atoms with Gasteiger partial charge in [-0.25, -0.2) is 0 Å². The van der Waals surface area contributed by atoms with E-state index in [9.17, 15) is 0 Å². The molecule has 1 aliphatic carbocycles. The molecule has 0 saturated heterocycles. The summed E-state index contributed by atoms with van der Waals surface area (Å²) in [6.07, 6.45) is 10.7. The standard InChI is InChI=1S/C18H30N2/c1-4-15-5-6-17(13-20-14(2)3)18(11-15)12-16-7-9-19-10-8-16/h7-10,14-15,17-18,20H,4-6,11-13H2,1-3H3. The molecule has 0 radical (unpaired) electrons. The van der Waals surface area contributed by atoms with E-state index in [1.54, 1.807) is 0 Å². The zero-order valence-corrected chi connectivity index (χ0v) is 13.3. The van der Waals surface area contributed by atoms with Crippen molar-refractivity contribution >= 4 is 0 Å². The van der Waals surface area contributed by atoms with Gasteiger partial charge in [0.15, 0.2) is 0 Å². The highest BCUT2D eigenvalue weighted by Gasteiger charge is 2.29. The number of rotatable bonds is 6. The van der Waals surface area contributed by atoms with E-state index in [1.165, 1.54) is 44.2 Å². The second kappa shape index (κ2) is 7.78. The van der Waals surface area contributed by atoms with Crippen molar-refractivity contribution < 1.29 is 0 Å². The molecule has 1 aromatic rings. The Kier molecular flexibility index (Phi) is 6.03. The molecule has 1 N–H and O–H groups in total. The van der Waals surface area contributed by atoms with E-state index in [-0.39, 0.29) is 0 Å². The fourth-order valence-corrected chi connectivity index (χ4v) is 3.52. The average molecular weight is 274 g/mol. The Morgan fingerprint density at radius 2 is 1.95 bits per heavy atom. The van der Waals surface area contributed by atoms with Crippen LogP contribution in [0.4, 0.5) is 0 Å². The molecule has 20 heavy (non-hydrogen) atoms. The van der Waals surface area contributed by atoms with Crippen LogP contribution in [0.15, 0.2) is 24.5 Å². The molecule has 0 spiro atoms.